The summed E-state index contributed by atoms with van der Waals surface area (Å²) in [5, 5.41) is 3.54. The summed E-state index contributed by atoms with van der Waals surface area (Å²) in [5.41, 5.74) is 2.38. The van der Waals surface area contributed by atoms with E-state index in [-0.39, 0.29) is 11.2 Å². The number of nitrogens with one attached hydrogen (secondary N) is 1. The normalized spacial score (nSPS) is 17.3. The first-order valence-corrected chi connectivity index (χ1v) is 7.72. The fraction of sp³-hybridized carbons (Fsp3) is 0.389. The maximum atomic E-state index is 13.2. The van der Waals surface area contributed by atoms with Gasteiger partial charge in [0.25, 0.3) is 0 Å². The van der Waals surface area contributed by atoms with Crippen molar-refractivity contribution < 1.29 is 9.13 Å². The van der Waals surface area contributed by atoms with Crippen molar-refractivity contribution in [3.8, 4) is 0 Å². The van der Waals surface area contributed by atoms with E-state index in [1.54, 1.807) is 18.3 Å². The predicted octanol–water partition coefficient (Wildman–Crippen LogP) is 3.06. The minimum Gasteiger partial charge on any atom is -0.381 e. The second-order valence-electron chi connectivity index (χ2n) is 5.86. The second kappa shape index (κ2) is 6.99. The van der Waals surface area contributed by atoms with Gasteiger partial charge in [0.15, 0.2) is 0 Å². The van der Waals surface area contributed by atoms with Crippen LogP contribution in [0.25, 0.3) is 0 Å². The van der Waals surface area contributed by atoms with Crippen molar-refractivity contribution in [1.82, 2.24) is 10.3 Å². The van der Waals surface area contributed by atoms with Crippen molar-refractivity contribution in [3.05, 3.63) is 65.7 Å². The molecule has 1 fully saturated rings. The number of hydrogen-bond acceptors (Lipinski definition) is 3. The van der Waals surface area contributed by atoms with Gasteiger partial charge >= 0.3 is 0 Å². The lowest BCUT2D eigenvalue weighted by Gasteiger charge is -2.38. The molecule has 0 bridgehead atoms. The van der Waals surface area contributed by atoms with E-state index in [1.165, 1.54) is 11.1 Å². The standard InChI is InChI=1S/C18H21FN2O/c19-17-5-3-16(4-6-17)18(7-10-22-11-8-18)14-21-13-15-2-1-9-20-12-15/h1-6,9,12,21H,7-8,10-11,13-14H2. The van der Waals surface area contributed by atoms with Crippen molar-refractivity contribution in [3.63, 3.8) is 0 Å². The summed E-state index contributed by atoms with van der Waals surface area (Å²) in [7, 11) is 0. The number of aromatic nitrogens is 1. The van der Waals surface area contributed by atoms with Crippen LogP contribution in [0.15, 0.2) is 48.8 Å². The quantitative estimate of drug-likeness (QED) is 0.921. The Morgan fingerprint density at radius 2 is 1.91 bits per heavy atom. The molecule has 0 amide bonds. The van der Waals surface area contributed by atoms with Gasteiger partial charge in [-0.15, -0.1) is 0 Å². The molecule has 3 nitrogen and oxygen atoms in total. The van der Waals surface area contributed by atoms with Crippen molar-refractivity contribution in [1.29, 1.82) is 0 Å². The molecule has 2 heterocycles. The summed E-state index contributed by atoms with van der Waals surface area (Å²) in [6, 6.07) is 10.9. The van der Waals surface area contributed by atoms with Crippen LogP contribution in [0.2, 0.25) is 0 Å². The first kappa shape index (κ1) is 15.1. The Kier molecular flexibility index (Phi) is 4.80. The van der Waals surface area contributed by atoms with E-state index in [0.29, 0.717) is 0 Å². The fourth-order valence-electron chi connectivity index (χ4n) is 3.08. The molecule has 0 saturated carbocycles. The molecule has 22 heavy (non-hydrogen) atoms. The third-order valence-corrected chi connectivity index (χ3v) is 4.42. The predicted molar refractivity (Wildman–Crippen MR) is 84.1 cm³/mol. The molecule has 1 aromatic heterocycles. The van der Waals surface area contributed by atoms with Crippen LogP contribution in [0.4, 0.5) is 4.39 Å². The number of benzene rings is 1. The van der Waals surface area contributed by atoms with E-state index < -0.39 is 0 Å². The molecule has 0 unspecified atom stereocenters. The molecule has 0 aliphatic carbocycles. The molecule has 3 rings (SSSR count). The van der Waals surface area contributed by atoms with Crippen LogP contribution in [0, 0.1) is 5.82 Å². The Morgan fingerprint density at radius 3 is 2.59 bits per heavy atom. The minimum atomic E-state index is -0.186. The van der Waals surface area contributed by atoms with Gasteiger partial charge < -0.3 is 10.1 Å². The Balaban J connectivity index is 1.70. The smallest absolute Gasteiger partial charge is 0.123 e. The first-order valence-electron chi connectivity index (χ1n) is 7.72. The second-order valence-corrected chi connectivity index (χ2v) is 5.86. The van der Waals surface area contributed by atoms with E-state index in [9.17, 15) is 4.39 Å². The summed E-state index contributed by atoms with van der Waals surface area (Å²) in [5.74, 6) is -0.186. The van der Waals surface area contributed by atoms with Crippen LogP contribution in [0.3, 0.4) is 0 Å². The lowest BCUT2D eigenvalue weighted by atomic mass is 9.74. The number of hydrogen-bond donors (Lipinski definition) is 1. The number of halogens is 1. The van der Waals surface area contributed by atoms with Gasteiger partial charge in [0.1, 0.15) is 5.82 Å². The molecule has 1 aromatic carbocycles. The van der Waals surface area contributed by atoms with E-state index in [0.717, 1.165) is 39.1 Å². The summed E-state index contributed by atoms with van der Waals surface area (Å²) >= 11 is 0. The van der Waals surface area contributed by atoms with Crippen LogP contribution in [-0.4, -0.2) is 24.7 Å². The topological polar surface area (TPSA) is 34.2 Å². The summed E-state index contributed by atoms with van der Waals surface area (Å²) < 4.78 is 18.7. The molecular formula is C18H21FN2O. The van der Waals surface area contributed by atoms with Crippen LogP contribution in [-0.2, 0) is 16.7 Å². The Morgan fingerprint density at radius 1 is 1.14 bits per heavy atom. The van der Waals surface area contributed by atoms with Crippen molar-refractivity contribution >= 4 is 0 Å². The SMILES string of the molecule is Fc1ccc(C2(CNCc3cccnc3)CCOCC2)cc1. The van der Waals surface area contributed by atoms with Gasteiger partial charge in [0, 0.05) is 44.1 Å². The monoisotopic (exact) mass is 300 g/mol. The number of rotatable bonds is 5. The van der Waals surface area contributed by atoms with Gasteiger partial charge in [-0.2, -0.15) is 0 Å². The lowest BCUT2D eigenvalue weighted by molar-refractivity contribution is 0.0497. The molecule has 1 N–H and O–H groups in total. The Hall–Kier alpha value is -1.78. The highest BCUT2D eigenvalue weighted by molar-refractivity contribution is 5.27. The highest BCUT2D eigenvalue weighted by atomic mass is 19.1. The van der Waals surface area contributed by atoms with Gasteiger partial charge in [0.2, 0.25) is 0 Å². The number of ether oxygens (including phenoxy) is 1. The molecule has 0 radical (unpaired) electrons. The zero-order chi connectivity index (χ0) is 15.3. The first-order chi connectivity index (χ1) is 10.8. The van der Waals surface area contributed by atoms with Crippen molar-refractivity contribution in [2.24, 2.45) is 0 Å². The average Bonchev–Trinajstić information content (AvgIpc) is 2.57. The number of pyridine rings is 1. The lowest BCUT2D eigenvalue weighted by Crippen LogP contribution is -2.42. The molecule has 4 heteroatoms. The molecule has 116 valence electrons. The zero-order valence-corrected chi connectivity index (χ0v) is 12.6. The highest BCUT2D eigenvalue weighted by Gasteiger charge is 2.34. The average molecular weight is 300 g/mol. The largest absolute Gasteiger partial charge is 0.381 e. The molecule has 0 atom stereocenters. The molecule has 1 aliphatic rings. The Bertz CT molecular complexity index is 580. The van der Waals surface area contributed by atoms with E-state index >= 15 is 0 Å². The molecular weight excluding hydrogens is 279 g/mol. The summed E-state index contributed by atoms with van der Waals surface area (Å²) in [4.78, 5) is 4.13. The van der Waals surface area contributed by atoms with Crippen LogP contribution in [0.5, 0.6) is 0 Å². The Labute approximate surface area is 130 Å². The van der Waals surface area contributed by atoms with Gasteiger partial charge in [-0.05, 0) is 42.2 Å². The maximum Gasteiger partial charge on any atom is 0.123 e. The van der Waals surface area contributed by atoms with Gasteiger partial charge in [-0.1, -0.05) is 18.2 Å². The fourth-order valence-corrected chi connectivity index (χ4v) is 3.08. The van der Waals surface area contributed by atoms with Gasteiger partial charge in [0.05, 0.1) is 0 Å². The maximum absolute atomic E-state index is 13.2. The molecule has 1 aliphatic heterocycles. The summed E-state index contributed by atoms with van der Waals surface area (Å²) in [6.07, 6.45) is 5.57. The number of nitrogens with zero attached hydrogens (tertiary/aromatic N) is 1. The highest BCUT2D eigenvalue weighted by Crippen LogP contribution is 2.34. The van der Waals surface area contributed by atoms with E-state index in [1.807, 2.05) is 24.4 Å². The minimum absolute atomic E-state index is 0.0220. The van der Waals surface area contributed by atoms with Gasteiger partial charge in [-0.25, -0.2) is 4.39 Å². The van der Waals surface area contributed by atoms with Crippen LogP contribution < -0.4 is 5.32 Å². The zero-order valence-electron chi connectivity index (χ0n) is 12.6. The van der Waals surface area contributed by atoms with Crippen molar-refractivity contribution in [2.45, 2.75) is 24.8 Å². The molecule has 2 aromatic rings. The summed E-state index contributed by atoms with van der Waals surface area (Å²) in [6.45, 7) is 3.16. The third-order valence-electron chi connectivity index (χ3n) is 4.42. The van der Waals surface area contributed by atoms with Crippen molar-refractivity contribution in [2.75, 3.05) is 19.8 Å². The van der Waals surface area contributed by atoms with E-state index in [4.69, 9.17) is 4.74 Å². The van der Waals surface area contributed by atoms with E-state index in [2.05, 4.69) is 16.4 Å². The van der Waals surface area contributed by atoms with Gasteiger partial charge in [-0.3, -0.25) is 4.98 Å². The van der Waals surface area contributed by atoms with Crippen LogP contribution >= 0.6 is 0 Å². The van der Waals surface area contributed by atoms with Crippen LogP contribution in [0.1, 0.15) is 24.0 Å². The third kappa shape index (κ3) is 3.51. The molecule has 0 spiro atoms. The molecule has 1 saturated heterocycles.